The summed E-state index contributed by atoms with van der Waals surface area (Å²) >= 11 is 5.81. The summed E-state index contributed by atoms with van der Waals surface area (Å²) in [7, 11) is 0. The zero-order chi connectivity index (χ0) is 17.3. The fraction of sp³-hybridized carbons (Fsp3) is 0.588. The van der Waals surface area contributed by atoms with Crippen LogP contribution in [0.2, 0.25) is 0 Å². The molecule has 0 saturated heterocycles. The molecule has 1 aromatic carbocycles. The van der Waals surface area contributed by atoms with Crippen molar-refractivity contribution in [3.63, 3.8) is 0 Å². The zero-order valence-electron chi connectivity index (χ0n) is 13.9. The molecule has 1 aromatic rings. The Balaban J connectivity index is 1.88. The van der Waals surface area contributed by atoms with E-state index in [9.17, 15) is 9.18 Å². The van der Waals surface area contributed by atoms with Crippen molar-refractivity contribution in [2.24, 2.45) is 0 Å². The largest absolute Gasteiger partial charge is 0.490 e. The third-order valence-electron chi connectivity index (χ3n) is 3.62. The molecule has 1 fully saturated rings. The second-order valence-electron chi connectivity index (χ2n) is 7.22. The van der Waals surface area contributed by atoms with Gasteiger partial charge in [0.1, 0.15) is 23.3 Å². The van der Waals surface area contributed by atoms with E-state index in [1.54, 1.807) is 6.07 Å². The van der Waals surface area contributed by atoms with Gasteiger partial charge in [-0.25, -0.2) is 9.18 Å². The molecule has 2 rings (SSSR count). The van der Waals surface area contributed by atoms with Gasteiger partial charge in [0.15, 0.2) is 0 Å². The van der Waals surface area contributed by atoms with Crippen LogP contribution in [-0.4, -0.2) is 23.3 Å². The number of alkyl halides is 1. The third-order valence-corrected chi connectivity index (χ3v) is 3.91. The summed E-state index contributed by atoms with van der Waals surface area (Å²) in [5.41, 5.74) is -0.252. The molecule has 0 bridgehead atoms. The van der Waals surface area contributed by atoms with Crippen LogP contribution in [-0.2, 0) is 10.6 Å². The second-order valence-corrected chi connectivity index (χ2v) is 7.49. The highest BCUT2D eigenvalue weighted by Crippen LogP contribution is 2.36. The third kappa shape index (κ3) is 4.99. The molecule has 128 valence electrons. The summed E-state index contributed by atoms with van der Waals surface area (Å²) in [4.78, 5) is 11.8. The van der Waals surface area contributed by atoms with Gasteiger partial charge >= 0.3 is 6.09 Å². The summed E-state index contributed by atoms with van der Waals surface area (Å²) in [6, 6.07) is 4.31. The minimum absolute atomic E-state index is 0.0395. The van der Waals surface area contributed by atoms with Gasteiger partial charge in [0.2, 0.25) is 0 Å². The van der Waals surface area contributed by atoms with Gasteiger partial charge < -0.3 is 14.8 Å². The van der Waals surface area contributed by atoms with Crippen molar-refractivity contribution < 1.29 is 18.7 Å². The minimum atomic E-state index is -0.524. The highest BCUT2D eigenvalue weighted by atomic mass is 35.5. The number of nitrogens with one attached hydrogen (secondary N) is 1. The predicted molar refractivity (Wildman–Crippen MR) is 87.4 cm³/mol. The van der Waals surface area contributed by atoms with Crippen LogP contribution in [0.3, 0.4) is 0 Å². The van der Waals surface area contributed by atoms with Crippen LogP contribution in [0.4, 0.5) is 9.18 Å². The first-order valence-corrected chi connectivity index (χ1v) is 8.16. The molecule has 1 aliphatic carbocycles. The number of alkyl carbamates (subject to hydrolysis) is 1. The van der Waals surface area contributed by atoms with E-state index in [2.05, 4.69) is 5.32 Å². The van der Waals surface area contributed by atoms with Crippen LogP contribution in [0.1, 0.15) is 46.1 Å². The van der Waals surface area contributed by atoms with Gasteiger partial charge in [-0.2, -0.15) is 0 Å². The van der Waals surface area contributed by atoms with Crippen LogP contribution in [0.25, 0.3) is 0 Å². The average Bonchev–Trinajstić information content (AvgIpc) is 2.36. The molecule has 23 heavy (non-hydrogen) atoms. The van der Waals surface area contributed by atoms with Crippen LogP contribution < -0.4 is 10.1 Å². The quantitative estimate of drug-likeness (QED) is 0.825. The van der Waals surface area contributed by atoms with E-state index in [0.29, 0.717) is 24.2 Å². The summed E-state index contributed by atoms with van der Waals surface area (Å²) in [6.45, 7) is 7.42. The number of halogens is 2. The fourth-order valence-corrected chi connectivity index (χ4v) is 2.84. The van der Waals surface area contributed by atoms with E-state index in [0.717, 1.165) is 0 Å². The lowest BCUT2D eigenvalue weighted by atomic mass is 9.76. The topological polar surface area (TPSA) is 47.6 Å². The van der Waals surface area contributed by atoms with Crippen LogP contribution in [0, 0.1) is 5.82 Å². The van der Waals surface area contributed by atoms with Crippen molar-refractivity contribution in [1.29, 1.82) is 0 Å². The molecule has 0 aromatic heterocycles. The molecule has 0 atom stereocenters. The maximum atomic E-state index is 13.2. The number of rotatable bonds is 4. The van der Waals surface area contributed by atoms with E-state index in [-0.39, 0.29) is 23.3 Å². The molecule has 1 amide bonds. The van der Waals surface area contributed by atoms with E-state index in [4.69, 9.17) is 21.1 Å². The number of carbonyl (C=O) groups excluding carboxylic acids is 1. The van der Waals surface area contributed by atoms with Crippen molar-refractivity contribution in [3.05, 3.63) is 29.6 Å². The van der Waals surface area contributed by atoms with Crippen LogP contribution in [0.15, 0.2) is 18.2 Å². The first-order chi connectivity index (χ1) is 10.6. The number of hydrogen-bond acceptors (Lipinski definition) is 3. The molecule has 4 nitrogen and oxygen atoms in total. The van der Waals surface area contributed by atoms with Gasteiger partial charge in [0, 0.05) is 23.9 Å². The van der Waals surface area contributed by atoms with E-state index >= 15 is 0 Å². The molecule has 1 N–H and O–H groups in total. The highest BCUT2D eigenvalue weighted by Gasteiger charge is 2.44. The Labute approximate surface area is 141 Å². The van der Waals surface area contributed by atoms with Crippen molar-refractivity contribution in [3.8, 4) is 5.75 Å². The number of benzene rings is 1. The Morgan fingerprint density at radius 2 is 2.09 bits per heavy atom. The normalized spacial score (nSPS) is 23.8. The van der Waals surface area contributed by atoms with E-state index in [1.807, 2.05) is 27.7 Å². The average molecular weight is 344 g/mol. The van der Waals surface area contributed by atoms with Gasteiger partial charge in [0.05, 0.1) is 5.88 Å². The molecule has 0 heterocycles. The van der Waals surface area contributed by atoms with Gasteiger partial charge in [0.25, 0.3) is 0 Å². The maximum Gasteiger partial charge on any atom is 0.408 e. The molecule has 1 saturated carbocycles. The molecule has 0 aliphatic heterocycles. The number of hydrogen-bond donors (Lipinski definition) is 1. The lowest BCUT2D eigenvalue weighted by molar-refractivity contribution is 0.00880. The summed E-state index contributed by atoms with van der Waals surface area (Å²) < 4.78 is 24.3. The van der Waals surface area contributed by atoms with Crippen LogP contribution >= 0.6 is 11.6 Å². The molecule has 1 aliphatic rings. The van der Waals surface area contributed by atoms with Gasteiger partial charge in [-0.3, -0.25) is 0 Å². The Hall–Kier alpha value is -1.49. The maximum absolute atomic E-state index is 13.2. The predicted octanol–water partition coefficient (Wildman–Crippen LogP) is 4.39. The van der Waals surface area contributed by atoms with Crippen molar-refractivity contribution in [2.75, 3.05) is 0 Å². The molecule has 0 radical (unpaired) electrons. The second kappa shape index (κ2) is 6.56. The molecular weight excluding hydrogens is 321 g/mol. The Bertz CT molecular complexity index is 580. The monoisotopic (exact) mass is 343 g/mol. The van der Waals surface area contributed by atoms with Crippen LogP contribution in [0.5, 0.6) is 5.75 Å². The lowest BCUT2D eigenvalue weighted by Gasteiger charge is -2.45. The first-order valence-electron chi connectivity index (χ1n) is 7.62. The van der Waals surface area contributed by atoms with E-state index < -0.39 is 11.7 Å². The molecule has 0 spiro atoms. The summed E-state index contributed by atoms with van der Waals surface area (Å²) in [5.74, 6) is 0.441. The summed E-state index contributed by atoms with van der Waals surface area (Å²) in [5, 5.41) is 2.88. The molecular formula is C17H23ClFNO3. The van der Waals surface area contributed by atoms with Crippen molar-refractivity contribution in [1.82, 2.24) is 5.32 Å². The highest BCUT2D eigenvalue weighted by molar-refractivity contribution is 6.17. The SMILES string of the molecule is CC(C)(C)OC(=O)N[C@]1(C)C[C@H](Oc2ccc(F)cc2CCl)C1. The van der Waals surface area contributed by atoms with Crippen molar-refractivity contribution >= 4 is 17.7 Å². The number of carbonyl (C=O) groups is 1. The molecule has 6 heteroatoms. The van der Waals surface area contributed by atoms with Gasteiger partial charge in [-0.15, -0.1) is 11.6 Å². The van der Waals surface area contributed by atoms with Crippen molar-refractivity contribution in [2.45, 2.75) is 63.7 Å². The fourth-order valence-electron chi connectivity index (χ4n) is 2.63. The Morgan fingerprint density at radius 3 is 2.65 bits per heavy atom. The van der Waals surface area contributed by atoms with E-state index in [1.165, 1.54) is 12.1 Å². The number of ether oxygens (including phenoxy) is 2. The standard InChI is InChI=1S/C17H23ClFNO3/c1-16(2,3)23-15(21)20-17(4)8-13(9-17)22-14-6-5-12(19)7-11(14)10-18/h5-7,13H,8-10H2,1-4H3,(H,20,21)/t13-,17+. The molecule has 0 unspecified atom stereocenters. The zero-order valence-corrected chi connectivity index (χ0v) is 14.7. The first kappa shape index (κ1) is 17.9. The number of amides is 1. The summed E-state index contributed by atoms with van der Waals surface area (Å²) in [6.07, 6.45) is 0.848. The van der Waals surface area contributed by atoms with Gasteiger partial charge in [-0.05, 0) is 45.9 Å². The minimum Gasteiger partial charge on any atom is -0.490 e. The smallest absolute Gasteiger partial charge is 0.408 e. The van der Waals surface area contributed by atoms with Gasteiger partial charge in [-0.1, -0.05) is 0 Å². The lowest BCUT2D eigenvalue weighted by Crippen LogP contribution is -2.59. The Kier molecular flexibility index (Phi) is 5.09. The Morgan fingerprint density at radius 1 is 1.43 bits per heavy atom.